The van der Waals surface area contributed by atoms with Gasteiger partial charge in [-0.2, -0.15) is 0 Å². The van der Waals surface area contributed by atoms with Crippen molar-refractivity contribution in [3.8, 4) is 0 Å². The van der Waals surface area contributed by atoms with E-state index in [1.807, 2.05) is 25.1 Å². The highest BCUT2D eigenvalue weighted by Crippen LogP contribution is 2.26. The first kappa shape index (κ1) is 29.0. The number of halogens is 2. The molecule has 0 amide bonds. The summed E-state index contributed by atoms with van der Waals surface area (Å²) in [6.45, 7) is 7.16. The van der Waals surface area contributed by atoms with Crippen molar-refractivity contribution in [1.82, 2.24) is 4.90 Å². The number of carbonyl (C=O) groups is 1. The van der Waals surface area contributed by atoms with Crippen molar-refractivity contribution < 1.29 is 28.2 Å². The zero-order valence-corrected chi connectivity index (χ0v) is 22.1. The van der Waals surface area contributed by atoms with Gasteiger partial charge < -0.3 is 14.6 Å². The molecule has 1 saturated heterocycles. The fourth-order valence-corrected chi connectivity index (χ4v) is 4.79. The Hall–Kier alpha value is -2.61. The van der Waals surface area contributed by atoms with E-state index in [1.54, 1.807) is 38.1 Å². The Labute approximate surface area is 219 Å². The molecule has 3 atom stereocenters. The van der Waals surface area contributed by atoms with Crippen LogP contribution in [0.1, 0.15) is 67.9 Å². The lowest BCUT2D eigenvalue weighted by molar-refractivity contribution is -0.143. The number of nitrogens with zero attached hydrogens (tertiary/aromatic N) is 1. The predicted molar refractivity (Wildman–Crippen MR) is 141 cm³/mol. The molecule has 1 fully saturated rings. The van der Waals surface area contributed by atoms with Gasteiger partial charge in [0.05, 0.1) is 25.4 Å². The molecule has 0 bridgehead atoms. The van der Waals surface area contributed by atoms with Crippen LogP contribution in [-0.4, -0.2) is 54.4 Å². The van der Waals surface area contributed by atoms with Crippen LogP contribution in [0.2, 0.25) is 0 Å². The molecule has 0 radical (unpaired) electrons. The maximum Gasteiger partial charge on any atom is 0.306 e. The number of aliphatic hydroxyl groups is 1. The molecule has 2 aromatic rings. The van der Waals surface area contributed by atoms with E-state index in [0.717, 1.165) is 31.4 Å². The van der Waals surface area contributed by atoms with Gasteiger partial charge in [-0.1, -0.05) is 36.4 Å². The molecule has 0 unspecified atom stereocenters. The van der Waals surface area contributed by atoms with Gasteiger partial charge in [-0.05, 0) is 81.8 Å². The van der Waals surface area contributed by atoms with Gasteiger partial charge in [-0.3, -0.25) is 9.69 Å². The standard InChI is InChI=1S/C30H39F2NO4/c1-4-36-30(35)13-6-5-10-27-26(11-7-12-28(27)31)22(3)37-20-25(34)19-33-16-8-9-24(33)17-23-15-14-21(2)29(32)18-23/h5,7,10-12,14-15,18,22,24-25,34H,4,6,8-9,13,16-17,19-20H2,1-3H3/b10-5+/t22-,24+,25-/m1/s1. The molecular formula is C30H39F2NO4. The van der Waals surface area contributed by atoms with Crippen LogP contribution in [0.3, 0.4) is 0 Å². The molecule has 1 heterocycles. The van der Waals surface area contributed by atoms with Crippen LogP contribution in [0.15, 0.2) is 42.5 Å². The first-order valence-electron chi connectivity index (χ1n) is 13.2. The van der Waals surface area contributed by atoms with E-state index in [1.165, 1.54) is 6.07 Å². The van der Waals surface area contributed by atoms with Crippen molar-refractivity contribution >= 4 is 12.0 Å². The highest BCUT2D eigenvalue weighted by molar-refractivity contribution is 5.69. The Morgan fingerprint density at radius 2 is 2.05 bits per heavy atom. The topological polar surface area (TPSA) is 59.0 Å². The van der Waals surface area contributed by atoms with E-state index in [0.29, 0.717) is 36.3 Å². The minimum absolute atomic E-state index is 0.117. The highest BCUT2D eigenvalue weighted by atomic mass is 19.1. The van der Waals surface area contributed by atoms with E-state index < -0.39 is 12.2 Å². The number of ether oxygens (including phenoxy) is 2. The number of allylic oxidation sites excluding steroid dienone is 1. The maximum atomic E-state index is 14.6. The summed E-state index contributed by atoms with van der Waals surface area (Å²) in [6, 6.07) is 10.5. The summed E-state index contributed by atoms with van der Waals surface area (Å²) in [5.41, 5.74) is 2.70. The van der Waals surface area contributed by atoms with Crippen molar-refractivity contribution in [2.45, 2.75) is 71.1 Å². The second kappa shape index (κ2) is 14.4. The summed E-state index contributed by atoms with van der Waals surface area (Å²) < 4.78 is 39.4. The Bertz CT molecular complexity index is 1060. The number of aliphatic hydroxyl groups excluding tert-OH is 1. The van der Waals surface area contributed by atoms with Gasteiger partial charge in [-0.25, -0.2) is 8.78 Å². The number of esters is 1. The van der Waals surface area contributed by atoms with Gasteiger partial charge >= 0.3 is 5.97 Å². The Balaban J connectivity index is 1.53. The molecule has 7 heteroatoms. The third-order valence-electron chi connectivity index (χ3n) is 6.82. The number of aryl methyl sites for hydroxylation is 1. The Kier molecular flexibility index (Phi) is 11.2. The second-order valence-corrected chi connectivity index (χ2v) is 9.70. The molecule has 202 valence electrons. The normalized spacial score (nSPS) is 17.8. The number of rotatable bonds is 13. The molecule has 1 aliphatic heterocycles. The smallest absolute Gasteiger partial charge is 0.306 e. The number of benzene rings is 2. The van der Waals surface area contributed by atoms with E-state index in [9.17, 15) is 18.7 Å². The van der Waals surface area contributed by atoms with Gasteiger partial charge in [0.25, 0.3) is 0 Å². The molecule has 0 spiro atoms. The molecule has 2 aromatic carbocycles. The van der Waals surface area contributed by atoms with Crippen LogP contribution in [-0.2, 0) is 20.7 Å². The van der Waals surface area contributed by atoms with E-state index in [4.69, 9.17) is 9.47 Å². The van der Waals surface area contributed by atoms with Crippen molar-refractivity contribution in [1.29, 1.82) is 0 Å². The van der Waals surface area contributed by atoms with Gasteiger partial charge in [0.2, 0.25) is 0 Å². The van der Waals surface area contributed by atoms with E-state index >= 15 is 0 Å². The van der Waals surface area contributed by atoms with Crippen molar-refractivity contribution in [2.24, 2.45) is 0 Å². The Morgan fingerprint density at radius 3 is 2.81 bits per heavy atom. The lowest BCUT2D eigenvalue weighted by Gasteiger charge is -2.27. The highest BCUT2D eigenvalue weighted by Gasteiger charge is 2.27. The van der Waals surface area contributed by atoms with E-state index in [2.05, 4.69) is 4.90 Å². The summed E-state index contributed by atoms with van der Waals surface area (Å²) >= 11 is 0. The van der Waals surface area contributed by atoms with Crippen LogP contribution >= 0.6 is 0 Å². The first-order chi connectivity index (χ1) is 17.8. The van der Waals surface area contributed by atoms with Gasteiger partial charge in [0.15, 0.2) is 0 Å². The van der Waals surface area contributed by atoms with Crippen molar-refractivity contribution in [3.05, 3.63) is 76.4 Å². The summed E-state index contributed by atoms with van der Waals surface area (Å²) in [4.78, 5) is 13.8. The molecule has 1 N–H and O–H groups in total. The third-order valence-corrected chi connectivity index (χ3v) is 6.82. The first-order valence-corrected chi connectivity index (χ1v) is 13.2. The SMILES string of the molecule is CCOC(=O)CC/C=C/c1c(F)cccc1[C@@H](C)OC[C@H](O)CN1CCC[C@H]1Cc1ccc(C)c(F)c1. The molecule has 0 saturated carbocycles. The average Bonchev–Trinajstić information content (AvgIpc) is 3.29. The fourth-order valence-electron chi connectivity index (χ4n) is 4.79. The maximum absolute atomic E-state index is 14.6. The second-order valence-electron chi connectivity index (χ2n) is 9.70. The number of β-amino-alcohol motifs (C(OH)–C–C–N with tert-alkyl or cyclic N) is 1. The monoisotopic (exact) mass is 515 g/mol. The Morgan fingerprint density at radius 1 is 1.24 bits per heavy atom. The van der Waals surface area contributed by atoms with Crippen LogP contribution in [0, 0.1) is 18.6 Å². The zero-order valence-electron chi connectivity index (χ0n) is 22.1. The minimum atomic E-state index is -0.699. The number of hydrogen-bond donors (Lipinski definition) is 1. The van der Waals surface area contributed by atoms with Crippen LogP contribution < -0.4 is 0 Å². The summed E-state index contributed by atoms with van der Waals surface area (Å²) in [7, 11) is 0. The van der Waals surface area contributed by atoms with Crippen molar-refractivity contribution in [3.63, 3.8) is 0 Å². The minimum Gasteiger partial charge on any atom is -0.466 e. The lowest BCUT2D eigenvalue weighted by atomic mass is 10.0. The van der Waals surface area contributed by atoms with Crippen LogP contribution in [0.4, 0.5) is 8.78 Å². The van der Waals surface area contributed by atoms with Gasteiger partial charge in [0, 0.05) is 24.6 Å². The van der Waals surface area contributed by atoms with Gasteiger partial charge in [-0.15, -0.1) is 0 Å². The van der Waals surface area contributed by atoms with Crippen LogP contribution in [0.25, 0.3) is 6.08 Å². The largest absolute Gasteiger partial charge is 0.466 e. The molecule has 0 aromatic heterocycles. The molecule has 3 rings (SSSR count). The molecule has 1 aliphatic rings. The predicted octanol–water partition coefficient (Wildman–Crippen LogP) is 5.78. The molecule has 5 nitrogen and oxygen atoms in total. The van der Waals surface area contributed by atoms with Crippen molar-refractivity contribution in [2.75, 3.05) is 26.3 Å². The zero-order chi connectivity index (χ0) is 26.8. The average molecular weight is 516 g/mol. The summed E-state index contributed by atoms with van der Waals surface area (Å²) in [5.74, 6) is -0.832. The fraction of sp³-hybridized carbons (Fsp3) is 0.500. The number of likely N-dealkylation sites (tertiary alicyclic amines) is 1. The molecular weight excluding hydrogens is 476 g/mol. The number of carbonyl (C=O) groups excluding carboxylic acids is 1. The number of hydrogen-bond acceptors (Lipinski definition) is 5. The summed E-state index contributed by atoms with van der Waals surface area (Å²) in [6.07, 6.45) is 5.78. The molecule has 37 heavy (non-hydrogen) atoms. The van der Waals surface area contributed by atoms with E-state index in [-0.39, 0.29) is 36.7 Å². The van der Waals surface area contributed by atoms with Gasteiger partial charge in [0.1, 0.15) is 11.6 Å². The summed E-state index contributed by atoms with van der Waals surface area (Å²) in [5, 5.41) is 10.7. The molecule has 0 aliphatic carbocycles. The lowest BCUT2D eigenvalue weighted by Crippen LogP contribution is -2.39. The van der Waals surface area contributed by atoms with Crippen LogP contribution in [0.5, 0.6) is 0 Å². The third kappa shape index (κ3) is 8.73. The quantitative estimate of drug-likeness (QED) is 0.343.